The first-order valence-corrected chi connectivity index (χ1v) is 23.0. The first-order chi connectivity index (χ1) is 31.6. The molecule has 0 amide bonds. The summed E-state index contributed by atoms with van der Waals surface area (Å²) in [6.07, 6.45) is 16.2. The van der Waals surface area contributed by atoms with Gasteiger partial charge in [-0.3, -0.25) is 0 Å². The van der Waals surface area contributed by atoms with Crippen LogP contribution in [-0.4, -0.2) is 16.2 Å². The molecular weight excluding hydrogens is 777 g/mol. The molecule has 0 fully saturated rings. The van der Waals surface area contributed by atoms with Gasteiger partial charge in [-0.1, -0.05) is 214 Å². The standard InChI is InChI=1S/C60H50N4/c1-39-30-31-45(59-62-57(43-21-9-4-10-22-43)61-58(63-59)44-34-32-42(33-35-44)41-19-7-3-8-20-41)38-53(39)64-52-29-17-18-40(2)54(52)50-37-36-49-48-27-15-16-28-51(48)60(55(49)56(50)64,46-23-11-5-12-24-46)47-25-13-6-14-26-47/h3-17,19-35,37-40,49,53,57H,18,36H2,1-2H3,(H,61,62,63). The van der Waals surface area contributed by atoms with E-state index in [0.717, 1.165) is 41.2 Å². The number of allylic oxidation sites excluding steroid dienone is 3. The molecule has 0 radical (unpaired) electrons. The third kappa shape index (κ3) is 6.03. The fraction of sp³-hybridized carbons (Fsp3) is 0.167. The molecule has 4 aliphatic carbocycles. The highest BCUT2D eigenvalue weighted by Crippen LogP contribution is 2.59. The Bertz CT molecular complexity index is 3170. The maximum atomic E-state index is 5.39. The lowest BCUT2D eigenvalue weighted by molar-refractivity contribution is 0.469. The Labute approximate surface area is 375 Å². The lowest BCUT2D eigenvalue weighted by atomic mass is 9.66. The molecule has 0 spiro atoms. The fourth-order valence-electron chi connectivity index (χ4n) is 11.5. The maximum Gasteiger partial charge on any atom is 0.169 e. The Kier molecular flexibility index (Phi) is 9.29. The molecule has 1 aromatic heterocycles. The molecule has 4 heteroatoms. The van der Waals surface area contributed by atoms with Gasteiger partial charge in [0.1, 0.15) is 11.7 Å². The first kappa shape index (κ1) is 38.4. The second-order valence-electron chi connectivity index (χ2n) is 18.1. The number of fused-ring (bicyclic) bond motifs is 6. The largest absolute Gasteiger partial charge is 0.333 e. The predicted molar refractivity (Wildman–Crippen MR) is 264 cm³/mol. The van der Waals surface area contributed by atoms with Crippen LogP contribution in [0.2, 0.25) is 0 Å². The van der Waals surface area contributed by atoms with E-state index in [9.17, 15) is 0 Å². The Morgan fingerprint density at radius 1 is 0.609 bits per heavy atom. The van der Waals surface area contributed by atoms with E-state index in [1.165, 1.54) is 60.8 Å². The molecule has 5 atom stereocenters. The second-order valence-corrected chi connectivity index (χ2v) is 18.1. The van der Waals surface area contributed by atoms with Gasteiger partial charge in [0.2, 0.25) is 0 Å². The van der Waals surface area contributed by atoms with E-state index < -0.39 is 5.41 Å². The summed E-state index contributed by atoms with van der Waals surface area (Å²) in [4.78, 5) is 10.6. The molecular formula is C60H50N4. The van der Waals surface area contributed by atoms with Crippen LogP contribution in [0.5, 0.6) is 0 Å². The van der Waals surface area contributed by atoms with Gasteiger partial charge in [0.05, 0.1) is 16.8 Å². The average molecular weight is 827 g/mol. The summed E-state index contributed by atoms with van der Waals surface area (Å²) in [5, 5.41) is 6.56. The summed E-state index contributed by atoms with van der Waals surface area (Å²) in [6, 6.07) is 61.7. The molecule has 6 aromatic carbocycles. The Morgan fingerprint density at radius 3 is 1.94 bits per heavy atom. The van der Waals surface area contributed by atoms with Gasteiger partial charge in [0.15, 0.2) is 6.17 Å². The van der Waals surface area contributed by atoms with Gasteiger partial charge in [-0.15, -0.1) is 0 Å². The lowest BCUT2D eigenvalue weighted by Gasteiger charge is -2.37. The van der Waals surface area contributed by atoms with Crippen molar-refractivity contribution in [2.45, 2.75) is 56.1 Å². The van der Waals surface area contributed by atoms with Crippen LogP contribution in [0.4, 0.5) is 0 Å². The highest BCUT2D eigenvalue weighted by Gasteiger charge is 2.52. The maximum absolute atomic E-state index is 5.39. The zero-order valence-electron chi connectivity index (χ0n) is 36.3. The number of benzene rings is 6. The van der Waals surface area contributed by atoms with Crippen LogP contribution >= 0.6 is 0 Å². The van der Waals surface area contributed by atoms with Crippen LogP contribution in [0, 0.1) is 5.92 Å². The number of hydrogen-bond acceptors (Lipinski definition) is 3. The van der Waals surface area contributed by atoms with Crippen molar-refractivity contribution in [2.75, 3.05) is 0 Å². The van der Waals surface area contributed by atoms with Crippen molar-refractivity contribution in [1.29, 1.82) is 0 Å². The van der Waals surface area contributed by atoms with Crippen molar-refractivity contribution in [3.05, 3.63) is 255 Å². The average Bonchev–Trinajstić information content (AvgIpc) is 3.87. The van der Waals surface area contributed by atoms with Gasteiger partial charge in [0, 0.05) is 22.7 Å². The van der Waals surface area contributed by atoms with Crippen molar-refractivity contribution in [1.82, 2.24) is 9.88 Å². The smallest absolute Gasteiger partial charge is 0.169 e. The summed E-state index contributed by atoms with van der Waals surface area (Å²) < 4.78 is 2.75. The third-order valence-electron chi connectivity index (χ3n) is 14.4. The molecule has 1 aliphatic heterocycles. The van der Waals surface area contributed by atoms with Crippen molar-refractivity contribution in [3.8, 4) is 11.1 Å². The summed E-state index contributed by atoms with van der Waals surface area (Å²) in [5.74, 6) is 2.51. The van der Waals surface area contributed by atoms with E-state index in [-0.39, 0.29) is 24.0 Å². The topological polar surface area (TPSA) is 41.7 Å². The predicted octanol–water partition coefficient (Wildman–Crippen LogP) is 12.0. The molecule has 4 nitrogen and oxygen atoms in total. The van der Waals surface area contributed by atoms with E-state index in [1.54, 1.807) is 0 Å². The minimum atomic E-state index is -0.474. The molecule has 12 rings (SSSR count). The number of nitrogens with zero attached hydrogens (tertiary/aromatic N) is 3. The third-order valence-corrected chi connectivity index (χ3v) is 14.4. The Hall–Kier alpha value is -7.30. The van der Waals surface area contributed by atoms with Gasteiger partial charge in [0.25, 0.3) is 0 Å². The molecule has 0 saturated carbocycles. The number of amidine groups is 2. The minimum absolute atomic E-state index is 0.0206. The van der Waals surface area contributed by atoms with Crippen LogP contribution in [0.1, 0.15) is 95.4 Å². The lowest BCUT2D eigenvalue weighted by Crippen LogP contribution is -2.44. The Morgan fingerprint density at radius 2 is 1.22 bits per heavy atom. The number of hydrogen-bond donors (Lipinski definition) is 1. The van der Waals surface area contributed by atoms with Gasteiger partial charge >= 0.3 is 0 Å². The quantitative estimate of drug-likeness (QED) is 0.171. The highest BCUT2D eigenvalue weighted by atomic mass is 15.2. The van der Waals surface area contributed by atoms with Crippen LogP contribution < -0.4 is 15.9 Å². The number of nitrogens with one attached hydrogen (secondary N) is 1. The van der Waals surface area contributed by atoms with Gasteiger partial charge in [-0.05, 0) is 86.1 Å². The van der Waals surface area contributed by atoms with E-state index in [4.69, 9.17) is 9.98 Å². The molecule has 7 aromatic rings. The fourth-order valence-corrected chi connectivity index (χ4v) is 11.5. The van der Waals surface area contributed by atoms with Crippen LogP contribution in [0.3, 0.4) is 0 Å². The monoisotopic (exact) mass is 826 g/mol. The molecule has 64 heavy (non-hydrogen) atoms. The van der Waals surface area contributed by atoms with Gasteiger partial charge < -0.3 is 9.88 Å². The first-order valence-electron chi connectivity index (χ1n) is 23.0. The van der Waals surface area contributed by atoms with Crippen molar-refractivity contribution in [2.24, 2.45) is 15.9 Å². The molecule has 5 aliphatic rings. The molecule has 5 unspecified atom stereocenters. The van der Waals surface area contributed by atoms with E-state index >= 15 is 0 Å². The van der Waals surface area contributed by atoms with Crippen molar-refractivity contribution >= 4 is 29.4 Å². The summed E-state index contributed by atoms with van der Waals surface area (Å²) in [7, 11) is 0. The summed E-state index contributed by atoms with van der Waals surface area (Å²) in [5.41, 5.74) is 14.9. The summed E-state index contributed by atoms with van der Waals surface area (Å²) >= 11 is 0. The molecule has 0 bridgehead atoms. The zero-order chi connectivity index (χ0) is 42.8. The Balaban J connectivity index is 1.07. The molecule has 310 valence electrons. The van der Waals surface area contributed by atoms with Gasteiger partial charge in [-0.2, -0.15) is 0 Å². The van der Waals surface area contributed by atoms with Crippen LogP contribution in [-0.2, 0) is 5.41 Å². The zero-order valence-corrected chi connectivity index (χ0v) is 36.3. The number of rotatable bonds is 7. The molecule has 1 N–H and O–H groups in total. The highest BCUT2D eigenvalue weighted by molar-refractivity contribution is 6.17. The van der Waals surface area contributed by atoms with E-state index in [2.05, 4.69) is 230 Å². The normalized spacial score (nSPS) is 22.4. The van der Waals surface area contributed by atoms with E-state index in [0.29, 0.717) is 5.92 Å². The van der Waals surface area contributed by atoms with Crippen molar-refractivity contribution < 1.29 is 0 Å². The number of aromatic nitrogens is 1. The van der Waals surface area contributed by atoms with Crippen LogP contribution in [0.25, 0.3) is 28.9 Å². The summed E-state index contributed by atoms with van der Waals surface area (Å²) in [6.45, 7) is 4.80. The van der Waals surface area contributed by atoms with Crippen LogP contribution in [0.15, 0.2) is 210 Å². The van der Waals surface area contributed by atoms with Crippen molar-refractivity contribution in [3.63, 3.8) is 0 Å². The molecule has 0 saturated heterocycles. The van der Waals surface area contributed by atoms with Gasteiger partial charge in [-0.25, -0.2) is 9.98 Å². The molecule has 2 heterocycles. The number of aliphatic imine (C=N–C) groups is 2. The van der Waals surface area contributed by atoms with E-state index in [1.807, 2.05) is 0 Å². The minimum Gasteiger partial charge on any atom is -0.333 e. The second kappa shape index (κ2) is 15.5. The SMILES string of the molecule is CC1CC=Cc2c1c1c(n2C2C=C(C3=NC(c4ccccc4)N=C(c4ccc(-c5ccccc5)cc4)N3)C=CC2C)=C2C(CC=1)c1ccccc1C2(c1ccccc1)c1ccccc1.